The second kappa shape index (κ2) is 5.85. The Bertz CT molecular complexity index is 532. The number of anilines is 1. The molecule has 0 spiro atoms. The molecule has 1 aromatic heterocycles. The third kappa shape index (κ3) is 2.93. The van der Waals surface area contributed by atoms with Crippen molar-refractivity contribution in [1.29, 1.82) is 5.26 Å². The van der Waals surface area contributed by atoms with Crippen LogP contribution < -0.4 is 5.32 Å². The Morgan fingerprint density at radius 3 is 2.68 bits per heavy atom. The van der Waals surface area contributed by atoms with Gasteiger partial charge in [0.1, 0.15) is 11.1 Å². The van der Waals surface area contributed by atoms with E-state index in [1.165, 1.54) is 11.3 Å². The number of aliphatic carboxylic acids is 1. The highest BCUT2D eigenvalue weighted by Crippen LogP contribution is 2.32. The van der Waals surface area contributed by atoms with E-state index in [9.17, 15) is 9.59 Å². The third-order valence-electron chi connectivity index (χ3n) is 3.44. The molecule has 1 fully saturated rings. The van der Waals surface area contributed by atoms with Crippen molar-refractivity contribution in [2.75, 3.05) is 5.32 Å². The number of carbonyl (C=O) groups excluding carboxylic acids is 1. The Hall–Kier alpha value is -1.87. The SMILES string of the molecule is N#Cc1ccsc1NC(=O)[C@H]1CCCC[C@H]1C(=O)O. The highest BCUT2D eigenvalue weighted by atomic mass is 32.1. The molecule has 1 amide bonds. The maximum Gasteiger partial charge on any atom is 0.307 e. The van der Waals surface area contributed by atoms with Crippen LogP contribution in [0.3, 0.4) is 0 Å². The summed E-state index contributed by atoms with van der Waals surface area (Å²) in [6.45, 7) is 0. The molecule has 1 heterocycles. The van der Waals surface area contributed by atoms with Crippen LogP contribution in [0, 0.1) is 23.2 Å². The zero-order chi connectivity index (χ0) is 13.8. The fourth-order valence-corrected chi connectivity index (χ4v) is 3.18. The second-order valence-electron chi connectivity index (χ2n) is 4.60. The van der Waals surface area contributed by atoms with E-state index in [0.29, 0.717) is 23.4 Å². The molecule has 1 aliphatic rings. The van der Waals surface area contributed by atoms with Crippen molar-refractivity contribution in [3.8, 4) is 6.07 Å². The molecule has 0 aliphatic heterocycles. The van der Waals surface area contributed by atoms with Gasteiger partial charge in [-0.05, 0) is 24.3 Å². The van der Waals surface area contributed by atoms with E-state index in [1.807, 2.05) is 6.07 Å². The first-order valence-electron chi connectivity index (χ1n) is 6.14. The lowest BCUT2D eigenvalue weighted by Gasteiger charge is -2.27. The zero-order valence-electron chi connectivity index (χ0n) is 10.3. The summed E-state index contributed by atoms with van der Waals surface area (Å²) in [4.78, 5) is 23.3. The topological polar surface area (TPSA) is 90.2 Å². The fraction of sp³-hybridized carbons (Fsp3) is 0.462. The number of rotatable bonds is 3. The van der Waals surface area contributed by atoms with Crippen molar-refractivity contribution < 1.29 is 14.7 Å². The fourth-order valence-electron chi connectivity index (χ4n) is 2.44. The molecule has 0 unspecified atom stereocenters. The number of amides is 1. The molecule has 0 aromatic carbocycles. The normalized spacial score (nSPS) is 22.5. The van der Waals surface area contributed by atoms with Gasteiger partial charge in [0.15, 0.2) is 0 Å². The third-order valence-corrected chi connectivity index (χ3v) is 4.27. The van der Waals surface area contributed by atoms with Crippen LogP contribution in [0.15, 0.2) is 11.4 Å². The van der Waals surface area contributed by atoms with Gasteiger partial charge < -0.3 is 10.4 Å². The van der Waals surface area contributed by atoms with Gasteiger partial charge >= 0.3 is 5.97 Å². The first-order valence-corrected chi connectivity index (χ1v) is 7.02. The van der Waals surface area contributed by atoms with E-state index in [4.69, 9.17) is 10.4 Å². The summed E-state index contributed by atoms with van der Waals surface area (Å²) in [5.41, 5.74) is 0.418. The van der Waals surface area contributed by atoms with E-state index >= 15 is 0 Å². The summed E-state index contributed by atoms with van der Waals surface area (Å²) < 4.78 is 0. The summed E-state index contributed by atoms with van der Waals surface area (Å²) in [5.74, 6) is -2.31. The van der Waals surface area contributed by atoms with Gasteiger partial charge in [-0.2, -0.15) is 5.26 Å². The molecule has 6 heteroatoms. The van der Waals surface area contributed by atoms with Crippen molar-refractivity contribution in [2.45, 2.75) is 25.7 Å². The Balaban J connectivity index is 2.10. The molecule has 5 nitrogen and oxygen atoms in total. The average Bonchev–Trinajstić information content (AvgIpc) is 2.85. The van der Waals surface area contributed by atoms with Crippen molar-refractivity contribution in [1.82, 2.24) is 0 Å². The maximum absolute atomic E-state index is 12.2. The molecule has 0 bridgehead atoms. The van der Waals surface area contributed by atoms with E-state index in [1.54, 1.807) is 11.4 Å². The number of carboxylic acids is 1. The number of nitrogens with one attached hydrogen (secondary N) is 1. The first-order chi connectivity index (χ1) is 9.13. The zero-order valence-corrected chi connectivity index (χ0v) is 11.1. The Morgan fingerprint density at radius 1 is 1.37 bits per heavy atom. The lowest BCUT2D eigenvalue weighted by molar-refractivity contribution is -0.147. The monoisotopic (exact) mass is 278 g/mol. The van der Waals surface area contributed by atoms with Gasteiger partial charge in [0.05, 0.1) is 17.4 Å². The van der Waals surface area contributed by atoms with Gasteiger partial charge in [0.2, 0.25) is 5.91 Å². The van der Waals surface area contributed by atoms with Crippen molar-refractivity contribution in [3.63, 3.8) is 0 Å². The minimum Gasteiger partial charge on any atom is -0.481 e. The smallest absolute Gasteiger partial charge is 0.307 e. The Morgan fingerprint density at radius 2 is 2.05 bits per heavy atom. The summed E-state index contributed by atoms with van der Waals surface area (Å²) in [7, 11) is 0. The van der Waals surface area contributed by atoms with Gasteiger partial charge in [-0.1, -0.05) is 12.8 Å². The molecule has 0 saturated heterocycles. The molecule has 19 heavy (non-hydrogen) atoms. The van der Waals surface area contributed by atoms with Gasteiger partial charge in [0.25, 0.3) is 0 Å². The van der Waals surface area contributed by atoms with E-state index in [2.05, 4.69) is 5.32 Å². The number of nitriles is 1. The average molecular weight is 278 g/mol. The van der Waals surface area contributed by atoms with Crippen molar-refractivity contribution in [3.05, 3.63) is 17.0 Å². The lowest BCUT2D eigenvalue weighted by atomic mass is 9.79. The molecule has 100 valence electrons. The predicted molar refractivity (Wildman–Crippen MR) is 70.7 cm³/mol. The van der Waals surface area contributed by atoms with Crippen LogP contribution in [-0.2, 0) is 9.59 Å². The van der Waals surface area contributed by atoms with Gasteiger partial charge in [-0.25, -0.2) is 0 Å². The van der Waals surface area contributed by atoms with Gasteiger partial charge in [0, 0.05) is 0 Å². The van der Waals surface area contributed by atoms with Crippen LogP contribution in [0.4, 0.5) is 5.00 Å². The molecule has 2 rings (SSSR count). The van der Waals surface area contributed by atoms with E-state index in [-0.39, 0.29) is 5.91 Å². The molecule has 1 saturated carbocycles. The highest BCUT2D eigenvalue weighted by Gasteiger charge is 2.35. The minimum atomic E-state index is -0.911. The number of nitrogens with zero attached hydrogens (tertiary/aromatic N) is 1. The largest absolute Gasteiger partial charge is 0.481 e. The van der Waals surface area contributed by atoms with Crippen LogP contribution in [0.25, 0.3) is 0 Å². The molecule has 1 aliphatic carbocycles. The molecule has 2 N–H and O–H groups in total. The van der Waals surface area contributed by atoms with Crippen LogP contribution in [0.1, 0.15) is 31.2 Å². The van der Waals surface area contributed by atoms with Crippen LogP contribution in [0.2, 0.25) is 0 Å². The second-order valence-corrected chi connectivity index (χ2v) is 5.52. The van der Waals surface area contributed by atoms with Crippen molar-refractivity contribution >= 4 is 28.2 Å². The number of thiophene rings is 1. The maximum atomic E-state index is 12.2. The molecular weight excluding hydrogens is 264 g/mol. The Kier molecular flexibility index (Phi) is 4.17. The Labute approximate surface area is 114 Å². The summed E-state index contributed by atoms with van der Waals surface area (Å²) >= 11 is 1.27. The highest BCUT2D eigenvalue weighted by molar-refractivity contribution is 7.14. The van der Waals surface area contributed by atoms with Crippen LogP contribution in [-0.4, -0.2) is 17.0 Å². The summed E-state index contributed by atoms with van der Waals surface area (Å²) in [6, 6.07) is 3.63. The number of carboxylic acid groups (broad SMARTS) is 1. The van der Waals surface area contributed by atoms with Crippen LogP contribution in [0.5, 0.6) is 0 Å². The number of hydrogen-bond donors (Lipinski definition) is 2. The lowest BCUT2D eigenvalue weighted by Crippen LogP contribution is -2.36. The van der Waals surface area contributed by atoms with E-state index < -0.39 is 17.8 Å². The number of hydrogen-bond acceptors (Lipinski definition) is 4. The van der Waals surface area contributed by atoms with Crippen molar-refractivity contribution in [2.24, 2.45) is 11.8 Å². The minimum absolute atomic E-state index is 0.286. The summed E-state index contributed by atoms with van der Waals surface area (Å²) in [5, 5.41) is 23.0. The molecule has 2 atom stereocenters. The standard InChI is InChI=1S/C13H14N2O3S/c14-7-8-5-6-19-12(8)15-11(16)9-3-1-2-4-10(9)13(17)18/h5-6,9-10H,1-4H2,(H,15,16)(H,17,18)/t9-,10+/m0/s1. The first kappa shape index (κ1) is 13.6. The molecule has 0 radical (unpaired) electrons. The predicted octanol–water partition coefficient (Wildman–Crippen LogP) is 2.45. The number of carbonyl (C=O) groups is 2. The molecule has 1 aromatic rings. The summed E-state index contributed by atoms with van der Waals surface area (Å²) in [6.07, 6.45) is 2.86. The molecular formula is C13H14N2O3S. The quantitative estimate of drug-likeness (QED) is 0.888. The van der Waals surface area contributed by atoms with E-state index in [0.717, 1.165) is 12.8 Å². The van der Waals surface area contributed by atoms with Gasteiger partial charge in [-0.3, -0.25) is 9.59 Å². The van der Waals surface area contributed by atoms with Gasteiger partial charge in [-0.15, -0.1) is 11.3 Å². The van der Waals surface area contributed by atoms with Crippen LogP contribution >= 0.6 is 11.3 Å².